The third-order valence-electron chi connectivity index (χ3n) is 7.70. The first-order chi connectivity index (χ1) is 19.0. The fourth-order valence-corrected chi connectivity index (χ4v) is 8.38. The molecule has 3 aliphatic heterocycles. The molecule has 1 aromatic carbocycles. The quantitative estimate of drug-likeness (QED) is 0.551. The molecule has 40 heavy (non-hydrogen) atoms. The first-order valence-electron chi connectivity index (χ1n) is 13.9. The second-order valence-corrected chi connectivity index (χ2v) is 14.0. The SMILES string of the molecule is CC1CN(S(=O)(=O)c2ccc(C(=O)Nc3sc4c(c3C(=O)N3CCOCC3)CCN(C(C)C)C4)cc2)CC(C)O1. The third kappa shape index (κ3) is 5.97. The number of hydrogen-bond donors (Lipinski definition) is 1. The summed E-state index contributed by atoms with van der Waals surface area (Å²) in [5, 5.41) is 3.53. The van der Waals surface area contributed by atoms with Gasteiger partial charge in [-0.15, -0.1) is 11.3 Å². The van der Waals surface area contributed by atoms with Crippen LogP contribution in [0.25, 0.3) is 0 Å². The minimum atomic E-state index is -3.72. The number of hydrogen-bond acceptors (Lipinski definition) is 8. The van der Waals surface area contributed by atoms with Crippen LogP contribution in [0, 0.1) is 0 Å². The smallest absolute Gasteiger partial charge is 0.257 e. The predicted molar refractivity (Wildman–Crippen MR) is 153 cm³/mol. The predicted octanol–water partition coefficient (Wildman–Crippen LogP) is 3.04. The normalized spacial score (nSPS) is 22.8. The van der Waals surface area contributed by atoms with Crippen molar-refractivity contribution in [1.29, 1.82) is 0 Å². The van der Waals surface area contributed by atoms with Crippen LogP contribution in [0.5, 0.6) is 0 Å². The summed E-state index contributed by atoms with van der Waals surface area (Å²) >= 11 is 1.46. The number of sulfonamides is 1. The van der Waals surface area contributed by atoms with E-state index in [2.05, 4.69) is 24.1 Å². The zero-order chi connectivity index (χ0) is 28.6. The number of benzene rings is 1. The zero-order valence-electron chi connectivity index (χ0n) is 23.5. The lowest BCUT2D eigenvalue weighted by molar-refractivity contribution is -0.0440. The van der Waals surface area contributed by atoms with E-state index in [4.69, 9.17) is 9.47 Å². The van der Waals surface area contributed by atoms with Crippen LogP contribution in [0.4, 0.5) is 5.00 Å². The Morgan fingerprint density at radius 2 is 1.68 bits per heavy atom. The summed E-state index contributed by atoms with van der Waals surface area (Å²) in [5.74, 6) is -0.461. The molecule has 0 aliphatic carbocycles. The van der Waals surface area contributed by atoms with Gasteiger partial charge in [-0.2, -0.15) is 4.31 Å². The molecular formula is C28H38N4O6S2. The van der Waals surface area contributed by atoms with Crippen LogP contribution < -0.4 is 5.32 Å². The molecular weight excluding hydrogens is 552 g/mol. The highest BCUT2D eigenvalue weighted by Gasteiger charge is 2.34. The van der Waals surface area contributed by atoms with Gasteiger partial charge in [0.25, 0.3) is 11.8 Å². The van der Waals surface area contributed by atoms with Crippen molar-refractivity contribution in [2.24, 2.45) is 0 Å². The second kappa shape index (κ2) is 11.9. The summed E-state index contributed by atoms with van der Waals surface area (Å²) in [6.07, 6.45) is 0.362. The van der Waals surface area contributed by atoms with Crippen LogP contribution in [0.1, 0.15) is 58.9 Å². The zero-order valence-corrected chi connectivity index (χ0v) is 25.1. The Morgan fingerprint density at radius 1 is 1.02 bits per heavy atom. The van der Waals surface area contributed by atoms with Gasteiger partial charge in [0.05, 0.1) is 35.9 Å². The van der Waals surface area contributed by atoms with E-state index in [1.165, 1.54) is 39.9 Å². The molecule has 10 nitrogen and oxygen atoms in total. The monoisotopic (exact) mass is 590 g/mol. The number of amides is 2. The van der Waals surface area contributed by atoms with E-state index < -0.39 is 10.0 Å². The number of anilines is 1. The second-order valence-electron chi connectivity index (χ2n) is 11.0. The molecule has 0 bridgehead atoms. The number of carbonyl (C=O) groups excluding carboxylic acids is 2. The Bertz CT molecular complexity index is 1340. The molecule has 2 saturated heterocycles. The Morgan fingerprint density at radius 3 is 2.30 bits per heavy atom. The first-order valence-corrected chi connectivity index (χ1v) is 16.1. The van der Waals surface area contributed by atoms with Crippen LogP contribution in [0.15, 0.2) is 29.2 Å². The topological polar surface area (TPSA) is 108 Å². The molecule has 2 unspecified atom stereocenters. The molecule has 1 aromatic heterocycles. The van der Waals surface area contributed by atoms with E-state index in [9.17, 15) is 18.0 Å². The Hall–Kier alpha value is -2.35. The van der Waals surface area contributed by atoms with Crippen molar-refractivity contribution < 1.29 is 27.5 Å². The molecule has 4 heterocycles. The van der Waals surface area contributed by atoms with E-state index in [0.717, 1.165) is 30.0 Å². The highest BCUT2D eigenvalue weighted by molar-refractivity contribution is 7.89. The van der Waals surface area contributed by atoms with Gasteiger partial charge in [-0.1, -0.05) is 0 Å². The summed E-state index contributed by atoms with van der Waals surface area (Å²) in [5.41, 5.74) is 1.92. The molecule has 2 atom stereocenters. The number of morpholine rings is 2. The van der Waals surface area contributed by atoms with Crippen LogP contribution in [0.3, 0.4) is 0 Å². The standard InChI is InChI=1S/C28H38N4O6S2/c1-18(2)31-10-9-23-24(17-31)39-27(25(23)28(34)30-11-13-37-14-12-30)29-26(33)21-5-7-22(8-6-21)40(35,36)32-15-19(3)38-20(4)16-32/h5-8,18-20H,9-17H2,1-4H3,(H,29,33). The van der Waals surface area contributed by atoms with Gasteiger partial charge in [-0.25, -0.2) is 8.42 Å². The van der Waals surface area contributed by atoms with Crippen LogP contribution in [-0.2, 0) is 32.5 Å². The molecule has 0 spiro atoms. The first kappa shape index (κ1) is 29.2. The van der Waals surface area contributed by atoms with E-state index in [1.54, 1.807) is 4.90 Å². The lowest BCUT2D eigenvalue weighted by Crippen LogP contribution is -2.48. The Balaban J connectivity index is 1.38. The van der Waals surface area contributed by atoms with Gasteiger partial charge < -0.3 is 19.7 Å². The van der Waals surface area contributed by atoms with Crippen LogP contribution in [0.2, 0.25) is 0 Å². The van der Waals surface area contributed by atoms with Gasteiger partial charge in [-0.05, 0) is 63.9 Å². The van der Waals surface area contributed by atoms with Crippen molar-refractivity contribution in [3.8, 4) is 0 Å². The number of carbonyl (C=O) groups is 2. The third-order valence-corrected chi connectivity index (χ3v) is 10.7. The van der Waals surface area contributed by atoms with Gasteiger partial charge in [-0.3, -0.25) is 14.5 Å². The Labute approximate surface area is 240 Å². The number of thiophene rings is 1. The van der Waals surface area contributed by atoms with Crippen molar-refractivity contribution in [3.63, 3.8) is 0 Å². The minimum Gasteiger partial charge on any atom is -0.378 e. The Kier molecular flexibility index (Phi) is 8.65. The fraction of sp³-hybridized carbons (Fsp3) is 0.571. The minimum absolute atomic E-state index is 0.0792. The van der Waals surface area contributed by atoms with Crippen LogP contribution >= 0.6 is 11.3 Å². The maximum absolute atomic E-state index is 13.7. The molecule has 1 N–H and O–H groups in total. The number of ether oxygens (including phenoxy) is 2. The number of fused-ring (bicyclic) bond motifs is 1. The lowest BCUT2D eigenvalue weighted by atomic mass is 10.0. The average molecular weight is 591 g/mol. The summed E-state index contributed by atoms with van der Waals surface area (Å²) in [7, 11) is -3.72. The largest absolute Gasteiger partial charge is 0.378 e. The molecule has 2 amide bonds. The van der Waals surface area contributed by atoms with Gasteiger partial charge in [0.1, 0.15) is 5.00 Å². The van der Waals surface area contributed by atoms with E-state index >= 15 is 0 Å². The maximum Gasteiger partial charge on any atom is 0.257 e. The molecule has 2 fully saturated rings. The van der Waals surface area contributed by atoms with E-state index in [0.29, 0.717) is 48.5 Å². The number of nitrogens with one attached hydrogen (secondary N) is 1. The van der Waals surface area contributed by atoms with Gasteiger partial charge in [0.2, 0.25) is 10.0 Å². The highest BCUT2D eigenvalue weighted by Crippen LogP contribution is 2.39. The van der Waals surface area contributed by atoms with Gasteiger partial charge in [0, 0.05) is 55.8 Å². The molecule has 0 saturated carbocycles. The fourth-order valence-electron chi connectivity index (χ4n) is 5.53. The summed E-state index contributed by atoms with van der Waals surface area (Å²) < 4.78 is 39.0. The van der Waals surface area contributed by atoms with Crippen molar-refractivity contribution in [2.45, 2.75) is 63.8 Å². The van der Waals surface area contributed by atoms with Crippen molar-refractivity contribution in [2.75, 3.05) is 51.3 Å². The van der Waals surface area contributed by atoms with E-state index in [-0.39, 0.29) is 42.0 Å². The molecule has 3 aliphatic rings. The van der Waals surface area contributed by atoms with Gasteiger partial charge in [0.15, 0.2) is 0 Å². The van der Waals surface area contributed by atoms with Crippen molar-refractivity contribution in [3.05, 3.63) is 45.8 Å². The maximum atomic E-state index is 13.7. The average Bonchev–Trinajstić information content (AvgIpc) is 3.29. The number of nitrogens with zero attached hydrogens (tertiary/aromatic N) is 3. The molecule has 2 aromatic rings. The summed E-state index contributed by atoms with van der Waals surface area (Å²) in [6.45, 7) is 12.2. The van der Waals surface area contributed by atoms with Crippen molar-refractivity contribution in [1.82, 2.24) is 14.1 Å². The van der Waals surface area contributed by atoms with Crippen molar-refractivity contribution >= 4 is 38.2 Å². The summed E-state index contributed by atoms with van der Waals surface area (Å²) in [4.78, 5) is 32.4. The molecule has 0 radical (unpaired) electrons. The molecule has 5 rings (SSSR count). The van der Waals surface area contributed by atoms with Gasteiger partial charge >= 0.3 is 0 Å². The number of rotatable bonds is 6. The summed E-state index contributed by atoms with van der Waals surface area (Å²) in [6, 6.07) is 6.36. The molecule has 12 heteroatoms. The lowest BCUT2D eigenvalue weighted by Gasteiger charge is -2.34. The molecule has 218 valence electrons. The van der Waals surface area contributed by atoms with Crippen LogP contribution in [-0.4, -0.2) is 98.5 Å². The highest BCUT2D eigenvalue weighted by atomic mass is 32.2. The van der Waals surface area contributed by atoms with E-state index in [1.807, 2.05) is 13.8 Å².